The van der Waals surface area contributed by atoms with E-state index in [9.17, 15) is 9.59 Å². The molecule has 0 radical (unpaired) electrons. The molecule has 0 N–H and O–H groups in total. The Bertz CT molecular complexity index is 679. The number of nitrogens with zero attached hydrogens (tertiary/aromatic N) is 1. The summed E-state index contributed by atoms with van der Waals surface area (Å²) in [4.78, 5) is 23.9. The molecule has 1 heterocycles. The smallest absolute Gasteiger partial charge is 0.418 e. The topological polar surface area (TPSA) is 57.5 Å². The second kappa shape index (κ2) is 5.60. The number of esters is 1. The van der Waals surface area contributed by atoms with Crippen LogP contribution in [0.4, 0.5) is 4.79 Å². The molecule has 0 amide bonds. The normalized spacial score (nSPS) is 11.4. The molecule has 1 aromatic carbocycles. The zero-order valence-corrected chi connectivity index (χ0v) is 12.7. The molecule has 0 saturated carbocycles. The van der Waals surface area contributed by atoms with Gasteiger partial charge in [-0.05, 0) is 45.9 Å². The van der Waals surface area contributed by atoms with E-state index in [-0.39, 0.29) is 0 Å². The Labute approximate surface area is 123 Å². The number of hydrogen-bond donors (Lipinski definition) is 0. The Kier molecular flexibility index (Phi) is 4.02. The van der Waals surface area contributed by atoms with Crippen molar-refractivity contribution in [3.8, 4) is 0 Å². The maximum absolute atomic E-state index is 12.2. The van der Waals surface area contributed by atoms with E-state index >= 15 is 0 Å². The van der Waals surface area contributed by atoms with Crippen molar-refractivity contribution in [2.45, 2.75) is 33.3 Å². The molecule has 0 saturated heterocycles. The van der Waals surface area contributed by atoms with E-state index in [2.05, 4.69) is 0 Å². The van der Waals surface area contributed by atoms with Gasteiger partial charge in [-0.2, -0.15) is 0 Å². The number of hydrogen-bond acceptors (Lipinski definition) is 4. The molecule has 21 heavy (non-hydrogen) atoms. The minimum atomic E-state index is -0.577. The van der Waals surface area contributed by atoms with Crippen LogP contribution in [0, 0.1) is 0 Å². The lowest BCUT2D eigenvalue weighted by Gasteiger charge is -2.19. The lowest BCUT2D eigenvalue weighted by Crippen LogP contribution is -2.26. The molecule has 0 aliphatic rings. The van der Waals surface area contributed by atoms with Crippen LogP contribution in [0.1, 0.15) is 38.1 Å². The summed E-state index contributed by atoms with van der Waals surface area (Å²) in [6.07, 6.45) is 1.16. The van der Waals surface area contributed by atoms with Crippen LogP contribution in [0.5, 0.6) is 0 Å². The molecule has 0 atom stereocenters. The van der Waals surface area contributed by atoms with E-state index in [0.717, 1.165) is 5.39 Å². The molecular formula is C16H19NO4. The molecule has 112 valence electrons. The van der Waals surface area contributed by atoms with E-state index in [0.29, 0.717) is 17.7 Å². The van der Waals surface area contributed by atoms with Crippen molar-refractivity contribution in [2.75, 3.05) is 6.61 Å². The molecule has 0 aliphatic carbocycles. The number of ether oxygens (including phenoxy) is 2. The lowest BCUT2D eigenvalue weighted by molar-refractivity contribution is 0.0518. The Morgan fingerprint density at radius 3 is 2.52 bits per heavy atom. The van der Waals surface area contributed by atoms with Crippen LogP contribution >= 0.6 is 0 Å². The van der Waals surface area contributed by atoms with Gasteiger partial charge in [0.1, 0.15) is 5.60 Å². The van der Waals surface area contributed by atoms with Crippen molar-refractivity contribution in [3.63, 3.8) is 0 Å². The first-order chi connectivity index (χ1) is 9.81. The van der Waals surface area contributed by atoms with E-state index in [1.54, 1.807) is 58.2 Å². The summed E-state index contributed by atoms with van der Waals surface area (Å²) in [7, 11) is 0. The molecule has 0 spiro atoms. The van der Waals surface area contributed by atoms with Gasteiger partial charge in [-0.15, -0.1) is 0 Å². The van der Waals surface area contributed by atoms with Crippen LogP contribution in [0.2, 0.25) is 0 Å². The molecular weight excluding hydrogens is 270 g/mol. The standard InChI is InChI=1S/C16H19NO4/c1-5-20-14(18)12-7-6-11-8-9-17(13(11)10-12)15(19)21-16(2,3)4/h6-10H,5H2,1-4H3. The Morgan fingerprint density at radius 2 is 1.90 bits per heavy atom. The summed E-state index contributed by atoms with van der Waals surface area (Å²) in [6, 6.07) is 6.90. The minimum absolute atomic E-state index is 0.309. The average molecular weight is 289 g/mol. The molecule has 0 unspecified atom stereocenters. The van der Waals surface area contributed by atoms with Gasteiger partial charge in [0.15, 0.2) is 0 Å². The molecule has 5 heteroatoms. The maximum atomic E-state index is 12.2. The van der Waals surface area contributed by atoms with Crippen LogP contribution in [-0.2, 0) is 9.47 Å². The van der Waals surface area contributed by atoms with E-state index < -0.39 is 17.7 Å². The molecule has 0 aliphatic heterocycles. The molecule has 0 bridgehead atoms. The van der Waals surface area contributed by atoms with Crippen molar-refractivity contribution in [3.05, 3.63) is 36.0 Å². The number of carbonyl (C=O) groups is 2. The second-order valence-corrected chi connectivity index (χ2v) is 5.66. The molecule has 2 aromatic rings. The van der Waals surface area contributed by atoms with Crippen LogP contribution in [0.3, 0.4) is 0 Å². The third kappa shape index (κ3) is 3.42. The van der Waals surface area contributed by atoms with Gasteiger partial charge < -0.3 is 9.47 Å². The van der Waals surface area contributed by atoms with Gasteiger partial charge in [0.2, 0.25) is 0 Å². The number of aromatic nitrogens is 1. The first-order valence-corrected chi connectivity index (χ1v) is 6.83. The summed E-state index contributed by atoms with van der Waals surface area (Å²) in [5, 5.41) is 0.855. The number of benzene rings is 1. The quantitative estimate of drug-likeness (QED) is 0.793. The zero-order valence-electron chi connectivity index (χ0n) is 12.7. The number of fused-ring (bicyclic) bond motifs is 1. The zero-order chi connectivity index (χ0) is 15.6. The summed E-state index contributed by atoms with van der Waals surface area (Å²) < 4.78 is 11.7. The molecule has 2 rings (SSSR count). The second-order valence-electron chi connectivity index (χ2n) is 5.66. The molecule has 5 nitrogen and oxygen atoms in total. The SMILES string of the molecule is CCOC(=O)c1ccc2ccn(C(=O)OC(C)(C)C)c2c1. The third-order valence-electron chi connectivity index (χ3n) is 2.79. The highest BCUT2D eigenvalue weighted by Gasteiger charge is 2.19. The number of carbonyl (C=O) groups excluding carboxylic acids is 2. The molecule has 1 aromatic heterocycles. The van der Waals surface area contributed by atoms with Crippen molar-refractivity contribution >= 4 is 23.0 Å². The Hall–Kier alpha value is -2.30. The number of rotatable bonds is 2. The lowest BCUT2D eigenvalue weighted by atomic mass is 10.1. The van der Waals surface area contributed by atoms with Crippen LogP contribution in [0.15, 0.2) is 30.5 Å². The highest BCUT2D eigenvalue weighted by atomic mass is 16.6. The van der Waals surface area contributed by atoms with Gasteiger partial charge in [-0.25, -0.2) is 9.59 Å². The fourth-order valence-electron chi connectivity index (χ4n) is 1.94. The van der Waals surface area contributed by atoms with Gasteiger partial charge in [0, 0.05) is 11.6 Å². The van der Waals surface area contributed by atoms with Crippen molar-refractivity contribution in [2.24, 2.45) is 0 Å². The predicted octanol–water partition coefficient (Wildman–Crippen LogP) is 3.60. The van der Waals surface area contributed by atoms with Crippen LogP contribution in [-0.4, -0.2) is 28.8 Å². The largest absolute Gasteiger partial charge is 0.462 e. The minimum Gasteiger partial charge on any atom is -0.462 e. The first kappa shape index (κ1) is 15.1. The van der Waals surface area contributed by atoms with E-state index in [4.69, 9.17) is 9.47 Å². The van der Waals surface area contributed by atoms with Crippen molar-refractivity contribution in [1.82, 2.24) is 4.57 Å². The fourth-order valence-corrected chi connectivity index (χ4v) is 1.94. The summed E-state index contributed by atoms with van der Waals surface area (Å²) in [5.74, 6) is -0.406. The maximum Gasteiger partial charge on any atom is 0.418 e. The van der Waals surface area contributed by atoms with Gasteiger partial charge >= 0.3 is 12.1 Å². The van der Waals surface area contributed by atoms with Crippen LogP contribution < -0.4 is 0 Å². The van der Waals surface area contributed by atoms with Gasteiger partial charge in [-0.3, -0.25) is 4.57 Å². The monoisotopic (exact) mass is 289 g/mol. The summed E-state index contributed by atoms with van der Waals surface area (Å²) in [5.41, 5.74) is 0.453. The van der Waals surface area contributed by atoms with Crippen molar-refractivity contribution < 1.29 is 19.1 Å². The van der Waals surface area contributed by atoms with Crippen LogP contribution in [0.25, 0.3) is 10.9 Å². The Balaban J connectivity index is 2.39. The summed E-state index contributed by atoms with van der Waals surface area (Å²) >= 11 is 0. The first-order valence-electron chi connectivity index (χ1n) is 6.83. The van der Waals surface area contributed by atoms with E-state index in [1.165, 1.54) is 4.57 Å². The third-order valence-corrected chi connectivity index (χ3v) is 2.79. The predicted molar refractivity (Wildman–Crippen MR) is 79.5 cm³/mol. The van der Waals surface area contributed by atoms with Gasteiger partial charge in [-0.1, -0.05) is 6.07 Å². The highest BCUT2D eigenvalue weighted by molar-refractivity contribution is 5.97. The van der Waals surface area contributed by atoms with Crippen molar-refractivity contribution in [1.29, 1.82) is 0 Å². The van der Waals surface area contributed by atoms with E-state index in [1.807, 2.05) is 0 Å². The Morgan fingerprint density at radius 1 is 1.19 bits per heavy atom. The van der Waals surface area contributed by atoms with Gasteiger partial charge in [0.05, 0.1) is 17.7 Å². The highest BCUT2D eigenvalue weighted by Crippen LogP contribution is 2.20. The average Bonchev–Trinajstić information content (AvgIpc) is 2.79. The van der Waals surface area contributed by atoms with Gasteiger partial charge in [0.25, 0.3) is 0 Å². The fraction of sp³-hybridized carbons (Fsp3) is 0.375. The molecule has 0 fully saturated rings. The summed E-state index contributed by atoms with van der Waals surface area (Å²) in [6.45, 7) is 7.48.